The highest BCUT2D eigenvalue weighted by Gasteiger charge is 2.49. The average molecular weight is 726 g/mol. The second kappa shape index (κ2) is 16.6. The highest BCUT2D eigenvalue weighted by Crippen LogP contribution is 2.29. The summed E-state index contributed by atoms with van der Waals surface area (Å²) in [7, 11) is 1.50. The summed E-state index contributed by atoms with van der Waals surface area (Å²) in [5.41, 5.74) is 5.83. The molecule has 282 valence electrons. The molecular formula is C34H56ClN7O8. The number of nitrogens with one attached hydrogen (secondary N) is 3. The van der Waals surface area contributed by atoms with Gasteiger partial charge >= 0.3 is 5.97 Å². The molecular weight excluding hydrogens is 670 g/mol. The van der Waals surface area contributed by atoms with Crippen LogP contribution < -0.4 is 16.2 Å². The van der Waals surface area contributed by atoms with Crippen LogP contribution >= 0.6 is 11.6 Å². The van der Waals surface area contributed by atoms with E-state index in [1.807, 2.05) is 27.7 Å². The highest BCUT2D eigenvalue weighted by molar-refractivity contribution is 6.21. The maximum atomic E-state index is 14.4. The number of ether oxygens (including phenoxy) is 1. The lowest BCUT2D eigenvalue weighted by molar-refractivity contribution is -0.175. The van der Waals surface area contributed by atoms with Crippen molar-refractivity contribution < 1.29 is 38.6 Å². The molecule has 4 aliphatic rings. The van der Waals surface area contributed by atoms with E-state index in [0.29, 0.717) is 12.8 Å². The fourth-order valence-corrected chi connectivity index (χ4v) is 7.48. The van der Waals surface area contributed by atoms with Crippen molar-refractivity contribution in [3.63, 3.8) is 0 Å². The van der Waals surface area contributed by atoms with Crippen LogP contribution in [0.5, 0.6) is 0 Å². The number of cyclic esters (lactones) is 1. The summed E-state index contributed by atoms with van der Waals surface area (Å²) < 4.78 is 5.93. The first kappa shape index (κ1) is 39.8. The van der Waals surface area contributed by atoms with Gasteiger partial charge in [0.2, 0.25) is 17.7 Å². The van der Waals surface area contributed by atoms with Crippen LogP contribution in [0.15, 0.2) is 0 Å². The van der Waals surface area contributed by atoms with Gasteiger partial charge in [-0.3, -0.25) is 34.0 Å². The lowest BCUT2D eigenvalue weighted by Gasteiger charge is -2.45. The molecule has 4 aliphatic heterocycles. The van der Waals surface area contributed by atoms with E-state index in [0.717, 1.165) is 10.0 Å². The van der Waals surface area contributed by atoms with Crippen LogP contribution in [0.1, 0.15) is 80.6 Å². The van der Waals surface area contributed by atoms with Gasteiger partial charge in [-0.2, -0.15) is 0 Å². The number of hydrazine groups is 2. The van der Waals surface area contributed by atoms with E-state index in [1.54, 1.807) is 20.8 Å². The number of nitrogens with zero attached hydrogens (tertiary/aromatic N) is 4. The zero-order valence-electron chi connectivity index (χ0n) is 30.6. The normalized spacial score (nSPS) is 34.6. The summed E-state index contributed by atoms with van der Waals surface area (Å²) in [6, 6.07) is -5.45. The predicted molar refractivity (Wildman–Crippen MR) is 184 cm³/mol. The molecule has 0 unspecified atom stereocenters. The minimum Gasteiger partial charge on any atom is -0.450 e. The van der Waals surface area contributed by atoms with Crippen molar-refractivity contribution in [1.29, 1.82) is 0 Å². The number of rotatable bonds is 5. The van der Waals surface area contributed by atoms with E-state index < -0.39 is 95.1 Å². The molecule has 4 rings (SSSR count). The monoisotopic (exact) mass is 725 g/mol. The number of amides is 5. The number of alkyl halides is 1. The molecule has 10 atom stereocenters. The molecule has 0 bridgehead atoms. The Morgan fingerprint density at radius 3 is 2.10 bits per heavy atom. The van der Waals surface area contributed by atoms with Gasteiger partial charge in [0.15, 0.2) is 6.10 Å². The van der Waals surface area contributed by atoms with Gasteiger partial charge in [0.1, 0.15) is 30.2 Å². The topological polar surface area (TPSA) is 181 Å². The second-order valence-corrected chi connectivity index (χ2v) is 15.9. The number of likely N-dealkylation sites (N-methyl/N-ethyl adjacent to an activating group) is 1. The van der Waals surface area contributed by atoms with E-state index >= 15 is 0 Å². The molecule has 0 aromatic carbocycles. The number of hydrogen-bond acceptors (Lipinski definition) is 10. The molecule has 4 heterocycles. The van der Waals surface area contributed by atoms with Crippen LogP contribution in [-0.4, -0.2) is 135 Å². The van der Waals surface area contributed by atoms with Crippen molar-refractivity contribution in [2.75, 3.05) is 26.7 Å². The molecule has 0 aromatic heterocycles. The summed E-state index contributed by atoms with van der Waals surface area (Å²) in [5.74, 6) is -4.59. The molecule has 50 heavy (non-hydrogen) atoms. The molecule has 4 fully saturated rings. The quantitative estimate of drug-likeness (QED) is 0.229. The third-order valence-electron chi connectivity index (χ3n) is 10.4. The van der Waals surface area contributed by atoms with E-state index in [4.69, 9.17) is 16.3 Å². The van der Waals surface area contributed by atoms with Gasteiger partial charge in [-0.05, 0) is 43.4 Å². The fourth-order valence-electron chi connectivity index (χ4n) is 7.24. The maximum absolute atomic E-state index is 14.4. The van der Waals surface area contributed by atoms with Gasteiger partial charge in [-0.1, -0.05) is 48.5 Å². The predicted octanol–water partition coefficient (Wildman–Crippen LogP) is 0.388. The number of hydrogen-bond donors (Lipinski definition) is 4. The average Bonchev–Trinajstić information content (AvgIpc) is 3.47. The van der Waals surface area contributed by atoms with Crippen molar-refractivity contribution in [1.82, 2.24) is 36.0 Å². The number of aliphatic hydroxyl groups is 1. The van der Waals surface area contributed by atoms with Gasteiger partial charge in [0.25, 0.3) is 11.8 Å². The molecule has 0 saturated carbocycles. The Balaban J connectivity index is 1.85. The zero-order chi connectivity index (χ0) is 37.2. The van der Waals surface area contributed by atoms with Gasteiger partial charge in [-0.25, -0.2) is 15.6 Å². The Morgan fingerprint density at radius 2 is 1.48 bits per heavy atom. The molecule has 0 radical (unpaired) electrons. The molecule has 4 saturated heterocycles. The zero-order valence-corrected chi connectivity index (χ0v) is 31.3. The Labute approximate surface area is 300 Å². The van der Waals surface area contributed by atoms with Crippen LogP contribution in [0.3, 0.4) is 0 Å². The molecule has 4 N–H and O–H groups in total. The Morgan fingerprint density at radius 1 is 0.860 bits per heavy atom. The van der Waals surface area contributed by atoms with Crippen LogP contribution in [-0.2, 0) is 33.5 Å². The molecule has 16 heteroatoms. The number of aliphatic hydroxyl groups excluding tert-OH is 1. The Hall–Kier alpha value is -3.01. The van der Waals surface area contributed by atoms with E-state index in [-0.39, 0.29) is 50.7 Å². The summed E-state index contributed by atoms with van der Waals surface area (Å²) in [6.07, 6.45) is -1.29. The summed E-state index contributed by atoms with van der Waals surface area (Å²) in [6.45, 7) is 13.3. The van der Waals surface area contributed by atoms with Crippen LogP contribution in [0.4, 0.5) is 0 Å². The summed E-state index contributed by atoms with van der Waals surface area (Å²) in [5, 5.41) is 15.2. The van der Waals surface area contributed by atoms with E-state index in [2.05, 4.69) is 16.2 Å². The number of β-amino-alcohol motifs (C(OH)–C–C–N with tert-alkyl or cyclic N) is 1. The summed E-state index contributed by atoms with van der Waals surface area (Å²) >= 11 is 6.53. The Bertz CT molecular complexity index is 1300. The van der Waals surface area contributed by atoms with Crippen LogP contribution in [0.25, 0.3) is 0 Å². The molecule has 0 aliphatic carbocycles. The van der Waals surface area contributed by atoms with Crippen molar-refractivity contribution in [2.45, 2.75) is 128 Å². The first-order valence-electron chi connectivity index (χ1n) is 18.0. The summed E-state index contributed by atoms with van der Waals surface area (Å²) in [4.78, 5) is 88.2. The standard InChI is InChI=1S/C34H56ClN7O8/c1-9-20(7)28-33(48)42-25(12-21(35)14-36-42)32(47)41-26(13-22(43)15-37-41)30(45)39(8)24(10-17(2)3)31(46)40-16-19(6)11-23(40)29(44)38-27(18(4)5)34(49)50-28/h17-28,36-37,43H,9-16H2,1-8H3,(H,38,44)/t19-,20+,21+,22+,23+,24-,25-,26+,27-,28+/m1/s1. The SMILES string of the molecule is CC[C@H](C)[C@@H]1OC(=O)[C@@H](C(C)C)NC(=O)[C@@H]2C[C@@H](C)CN2C(=O)[C@@H](CC(C)C)N(C)C(=O)[C@@H]2C[C@H](O)CNN2C(=O)[C@H]2C[C@H](Cl)CNN2C1=O. The largest absolute Gasteiger partial charge is 0.450 e. The molecule has 5 amide bonds. The third-order valence-corrected chi connectivity index (χ3v) is 10.7. The van der Waals surface area contributed by atoms with Crippen molar-refractivity contribution in [3.05, 3.63) is 0 Å². The van der Waals surface area contributed by atoms with Crippen molar-refractivity contribution in [2.24, 2.45) is 23.7 Å². The van der Waals surface area contributed by atoms with Crippen molar-refractivity contribution >= 4 is 47.1 Å². The number of esters is 1. The van der Waals surface area contributed by atoms with E-state index in [1.165, 1.54) is 16.8 Å². The van der Waals surface area contributed by atoms with Gasteiger partial charge in [-0.15, -0.1) is 11.6 Å². The molecule has 15 nitrogen and oxygen atoms in total. The lowest BCUT2D eigenvalue weighted by atomic mass is 9.96. The first-order chi connectivity index (χ1) is 23.5. The lowest BCUT2D eigenvalue weighted by Crippen LogP contribution is -2.70. The van der Waals surface area contributed by atoms with E-state index in [9.17, 15) is 33.9 Å². The second-order valence-electron chi connectivity index (χ2n) is 15.3. The number of fused-ring (bicyclic) bond motifs is 3. The van der Waals surface area contributed by atoms with Crippen LogP contribution in [0, 0.1) is 23.7 Å². The van der Waals surface area contributed by atoms with Gasteiger partial charge in [0.05, 0.1) is 11.5 Å². The maximum Gasteiger partial charge on any atom is 0.329 e. The van der Waals surface area contributed by atoms with Crippen LogP contribution in [0.2, 0.25) is 0 Å². The number of carbonyl (C=O) groups excluding carboxylic acids is 6. The minimum absolute atomic E-state index is 0.0238. The molecule has 0 aromatic rings. The highest BCUT2D eigenvalue weighted by atomic mass is 35.5. The first-order valence-corrected chi connectivity index (χ1v) is 18.4. The number of carbonyl (C=O) groups is 6. The van der Waals surface area contributed by atoms with Gasteiger partial charge in [0, 0.05) is 39.0 Å². The number of halogens is 1. The van der Waals surface area contributed by atoms with Crippen molar-refractivity contribution in [3.8, 4) is 0 Å². The molecule has 0 spiro atoms. The Kier molecular flexibility index (Phi) is 13.2. The third kappa shape index (κ3) is 8.54. The fraction of sp³-hybridized carbons (Fsp3) is 0.824. The smallest absolute Gasteiger partial charge is 0.329 e. The van der Waals surface area contributed by atoms with Gasteiger partial charge < -0.3 is 25.0 Å². The minimum atomic E-state index is -1.32.